The van der Waals surface area contributed by atoms with E-state index in [4.69, 9.17) is 21.1 Å². The molecular formula is C17H18ClNO2. The van der Waals surface area contributed by atoms with Gasteiger partial charge in [0.25, 0.3) is 0 Å². The Balaban J connectivity index is 1.93. The van der Waals surface area contributed by atoms with Crippen molar-refractivity contribution < 1.29 is 9.47 Å². The lowest BCUT2D eigenvalue weighted by molar-refractivity contribution is 0.297. The maximum Gasteiger partial charge on any atom is 0.161 e. The lowest BCUT2D eigenvalue weighted by Gasteiger charge is -2.19. The number of halogens is 1. The molecule has 2 aromatic rings. The van der Waals surface area contributed by atoms with Gasteiger partial charge in [0.15, 0.2) is 11.5 Å². The summed E-state index contributed by atoms with van der Waals surface area (Å²) in [4.78, 5) is 0. The number of hydrogen-bond acceptors (Lipinski definition) is 3. The molecule has 1 N–H and O–H groups in total. The van der Waals surface area contributed by atoms with Gasteiger partial charge in [-0.2, -0.15) is 0 Å². The molecule has 0 aromatic heterocycles. The normalized spacial score (nSPS) is 15.3. The fraction of sp³-hybridized carbons (Fsp3) is 0.294. The van der Waals surface area contributed by atoms with Crippen LogP contribution in [-0.4, -0.2) is 20.3 Å². The summed E-state index contributed by atoms with van der Waals surface area (Å²) in [6, 6.07) is 14.1. The molecule has 1 unspecified atom stereocenters. The summed E-state index contributed by atoms with van der Waals surface area (Å²) in [5.74, 6) is 1.64. The van der Waals surface area contributed by atoms with Crippen molar-refractivity contribution in [1.29, 1.82) is 0 Å². The number of ether oxygens (including phenoxy) is 2. The lowest BCUT2D eigenvalue weighted by Crippen LogP contribution is -2.17. The molecule has 0 fully saturated rings. The highest BCUT2D eigenvalue weighted by molar-refractivity contribution is 6.30. The maximum absolute atomic E-state index is 5.96. The first kappa shape index (κ1) is 14.2. The van der Waals surface area contributed by atoms with Gasteiger partial charge in [-0.05, 0) is 42.4 Å². The van der Waals surface area contributed by atoms with Gasteiger partial charge in [0, 0.05) is 11.4 Å². The molecule has 0 bridgehead atoms. The molecule has 0 aliphatic carbocycles. The van der Waals surface area contributed by atoms with Gasteiger partial charge in [-0.15, -0.1) is 0 Å². The summed E-state index contributed by atoms with van der Waals surface area (Å²) in [6.07, 6.45) is 0.913. The average molecular weight is 304 g/mol. The first-order chi connectivity index (χ1) is 10.3. The SMILES string of the molecule is CNC(c1ccc(Cl)cc1)c1ccc2c(c1)OCCCO2. The molecule has 0 saturated heterocycles. The van der Waals surface area contributed by atoms with E-state index in [0.29, 0.717) is 13.2 Å². The van der Waals surface area contributed by atoms with Crippen LogP contribution in [0.5, 0.6) is 11.5 Å². The zero-order valence-corrected chi connectivity index (χ0v) is 12.7. The van der Waals surface area contributed by atoms with Crippen molar-refractivity contribution >= 4 is 11.6 Å². The van der Waals surface area contributed by atoms with Gasteiger partial charge in [-0.1, -0.05) is 29.8 Å². The fourth-order valence-corrected chi connectivity index (χ4v) is 2.67. The zero-order chi connectivity index (χ0) is 14.7. The average Bonchev–Trinajstić information content (AvgIpc) is 2.75. The molecule has 21 heavy (non-hydrogen) atoms. The van der Waals surface area contributed by atoms with E-state index < -0.39 is 0 Å². The van der Waals surface area contributed by atoms with Crippen LogP contribution in [0.1, 0.15) is 23.6 Å². The molecule has 2 aromatic carbocycles. The number of fused-ring (bicyclic) bond motifs is 1. The Kier molecular flexibility index (Phi) is 4.32. The van der Waals surface area contributed by atoms with Gasteiger partial charge in [-0.25, -0.2) is 0 Å². The number of rotatable bonds is 3. The van der Waals surface area contributed by atoms with E-state index in [1.54, 1.807) is 0 Å². The smallest absolute Gasteiger partial charge is 0.161 e. The lowest BCUT2D eigenvalue weighted by atomic mass is 9.98. The predicted octanol–water partition coefficient (Wildman–Crippen LogP) is 3.81. The van der Waals surface area contributed by atoms with Crippen LogP contribution in [0.2, 0.25) is 5.02 Å². The van der Waals surface area contributed by atoms with Crippen LogP contribution in [-0.2, 0) is 0 Å². The monoisotopic (exact) mass is 303 g/mol. The molecule has 1 heterocycles. The Labute approximate surface area is 129 Å². The largest absolute Gasteiger partial charge is 0.490 e. The highest BCUT2D eigenvalue weighted by atomic mass is 35.5. The van der Waals surface area contributed by atoms with E-state index in [1.165, 1.54) is 0 Å². The van der Waals surface area contributed by atoms with E-state index >= 15 is 0 Å². The van der Waals surface area contributed by atoms with Gasteiger partial charge >= 0.3 is 0 Å². The quantitative estimate of drug-likeness (QED) is 0.935. The van der Waals surface area contributed by atoms with Crippen molar-refractivity contribution in [1.82, 2.24) is 5.32 Å². The number of hydrogen-bond donors (Lipinski definition) is 1. The van der Waals surface area contributed by atoms with E-state index in [9.17, 15) is 0 Å². The van der Waals surface area contributed by atoms with Gasteiger partial charge in [0.2, 0.25) is 0 Å². The van der Waals surface area contributed by atoms with E-state index in [-0.39, 0.29) is 6.04 Å². The van der Waals surface area contributed by atoms with Crippen molar-refractivity contribution in [3.8, 4) is 11.5 Å². The molecule has 0 spiro atoms. The Bertz CT molecular complexity index is 613. The molecule has 1 aliphatic rings. The van der Waals surface area contributed by atoms with E-state index in [2.05, 4.69) is 17.4 Å². The van der Waals surface area contributed by atoms with Crippen molar-refractivity contribution in [3.63, 3.8) is 0 Å². The molecule has 0 saturated carbocycles. The van der Waals surface area contributed by atoms with Crippen molar-refractivity contribution in [2.45, 2.75) is 12.5 Å². The molecule has 0 radical (unpaired) electrons. The van der Waals surface area contributed by atoms with E-state index in [1.807, 2.05) is 37.4 Å². The minimum Gasteiger partial charge on any atom is -0.490 e. The van der Waals surface area contributed by atoms with Gasteiger partial charge < -0.3 is 14.8 Å². The number of nitrogens with one attached hydrogen (secondary N) is 1. The molecule has 4 heteroatoms. The van der Waals surface area contributed by atoms with E-state index in [0.717, 1.165) is 34.1 Å². The number of benzene rings is 2. The molecule has 1 aliphatic heterocycles. The highest BCUT2D eigenvalue weighted by Crippen LogP contribution is 2.34. The third kappa shape index (κ3) is 3.14. The molecule has 1 atom stereocenters. The first-order valence-electron chi connectivity index (χ1n) is 7.10. The molecule has 3 rings (SSSR count). The molecule has 3 nitrogen and oxygen atoms in total. The summed E-state index contributed by atoms with van der Waals surface area (Å²) in [5.41, 5.74) is 2.31. The molecule has 0 amide bonds. The standard InChI is InChI=1S/C17H18ClNO2/c1-19-17(12-3-6-14(18)7-4-12)13-5-8-15-16(11-13)21-10-2-9-20-15/h3-8,11,17,19H,2,9-10H2,1H3. The maximum atomic E-state index is 5.96. The summed E-state index contributed by atoms with van der Waals surface area (Å²) >= 11 is 5.96. The van der Waals surface area contributed by atoms with Gasteiger partial charge in [-0.3, -0.25) is 0 Å². The third-order valence-corrected chi connectivity index (χ3v) is 3.85. The second-order valence-electron chi connectivity index (χ2n) is 5.03. The van der Waals surface area contributed by atoms with Crippen LogP contribution < -0.4 is 14.8 Å². The Morgan fingerprint density at radius 2 is 1.62 bits per heavy atom. The predicted molar refractivity (Wildman–Crippen MR) is 84.4 cm³/mol. The van der Waals surface area contributed by atoms with Crippen LogP contribution in [0.25, 0.3) is 0 Å². The first-order valence-corrected chi connectivity index (χ1v) is 7.48. The summed E-state index contributed by atoms with van der Waals surface area (Å²) in [6.45, 7) is 1.40. The minimum absolute atomic E-state index is 0.0967. The summed E-state index contributed by atoms with van der Waals surface area (Å²) in [5, 5.41) is 4.08. The second-order valence-corrected chi connectivity index (χ2v) is 5.47. The molecular weight excluding hydrogens is 286 g/mol. The van der Waals surface area contributed by atoms with Crippen LogP contribution in [0.3, 0.4) is 0 Å². The highest BCUT2D eigenvalue weighted by Gasteiger charge is 2.16. The van der Waals surface area contributed by atoms with Crippen molar-refractivity contribution in [2.24, 2.45) is 0 Å². The van der Waals surface area contributed by atoms with Crippen molar-refractivity contribution in [2.75, 3.05) is 20.3 Å². The van der Waals surface area contributed by atoms with Crippen molar-refractivity contribution in [3.05, 3.63) is 58.6 Å². The van der Waals surface area contributed by atoms with Crippen LogP contribution in [0, 0.1) is 0 Å². The topological polar surface area (TPSA) is 30.5 Å². The van der Waals surface area contributed by atoms with Crippen LogP contribution in [0.15, 0.2) is 42.5 Å². The van der Waals surface area contributed by atoms with Gasteiger partial charge in [0.05, 0.1) is 19.3 Å². The Hall–Kier alpha value is -1.71. The zero-order valence-electron chi connectivity index (χ0n) is 11.9. The van der Waals surface area contributed by atoms with Crippen LogP contribution in [0.4, 0.5) is 0 Å². The van der Waals surface area contributed by atoms with Gasteiger partial charge in [0.1, 0.15) is 0 Å². The summed E-state index contributed by atoms with van der Waals surface area (Å²) < 4.78 is 11.4. The van der Waals surface area contributed by atoms with Crippen LogP contribution >= 0.6 is 11.6 Å². The summed E-state index contributed by atoms with van der Waals surface area (Å²) in [7, 11) is 1.95. The minimum atomic E-state index is 0.0967. The Morgan fingerprint density at radius 3 is 2.33 bits per heavy atom. The molecule has 110 valence electrons. The Morgan fingerprint density at radius 1 is 0.952 bits per heavy atom. The second kappa shape index (κ2) is 6.37. The fourth-order valence-electron chi connectivity index (χ4n) is 2.54. The third-order valence-electron chi connectivity index (χ3n) is 3.60.